The minimum absolute atomic E-state index is 0.151. The molecule has 0 spiro atoms. The van der Waals surface area contributed by atoms with Crippen molar-refractivity contribution >= 4 is 29.2 Å². The molecule has 4 nitrogen and oxygen atoms in total. The number of carbonyl (C=O) groups excluding carboxylic acids is 1. The Balaban J connectivity index is 1.98. The van der Waals surface area contributed by atoms with Crippen molar-refractivity contribution in [3.05, 3.63) is 48.2 Å². The summed E-state index contributed by atoms with van der Waals surface area (Å²) in [5.41, 5.74) is 1.33. The van der Waals surface area contributed by atoms with Crippen molar-refractivity contribution in [3.8, 4) is 0 Å². The van der Waals surface area contributed by atoms with Gasteiger partial charge in [0.2, 0.25) is 0 Å². The van der Waals surface area contributed by atoms with Crippen molar-refractivity contribution in [2.24, 2.45) is 0 Å². The van der Waals surface area contributed by atoms with Crippen molar-refractivity contribution in [3.63, 3.8) is 0 Å². The van der Waals surface area contributed by atoms with E-state index in [1.54, 1.807) is 24.0 Å². The molecule has 0 saturated carbocycles. The monoisotopic (exact) mass is 301 g/mol. The molecule has 2 rings (SSSR count). The number of carbonyl (C=O) groups is 1. The Morgan fingerprint density at radius 1 is 1.19 bits per heavy atom. The third-order valence-corrected chi connectivity index (χ3v) is 3.67. The predicted molar refractivity (Wildman–Crippen MR) is 89.2 cm³/mol. The van der Waals surface area contributed by atoms with Gasteiger partial charge in [0.25, 0.3) is 5.91 Å². The van der Waals surface area contributed by atoms with Gasteiger partial charge >= 0.3 is 0 Å². The van der Waals surface area contributed by atoms with Gasteiger partial charge in [0.05, 0.1) is 5.56 Å². The summed E-state index contributed by atoms with van der Waals surface area (Å²) in [6, 6.07) is 11.4. The largest absolute Gasteiger partial charge is 0.370 e. The van der Waals surface area contributed by atoms with Crippen LogP contribution in [0.1, 0.15) is 23.7 Å². The van der Waals surface area contributed by atoms with Crippen molar-refractivity contribution < 1.29 is 4.79 Å². The predicted octanol–water partition coefficient (Wildman–Crippen LogP) is 3.88. The number of nitrogens with one attached hydrogen (secondary N) is 2. The molecule has 0 fully saturated rings. The molecule has 2 N–H and O–H groups in total. The zero-order valence-corrected chi connectivity index (χ0v) is 13.0. The smallest absolute Gasteiger partial charge is 0.257 e. The van der Waals surface area contributed by atoms with E-state index in [9.17, 15) is 4.79 Å². The molecule has 5 heteroatoms. The Morgan fingerprint density at radius 3 is 2.52 bits per heavy atom. The second-order valence-corrected chi connectivity index (χ2v) is 5.42. The first-order valence-corrected chi connectivity index (χ1v) is 8.10. The van der Waals surface area contributed by atoms with E-state index in [-0.39, 0.29) is 5.91 Å². The summed E-state index contributed by atoms with van der Waals surface area (Å²) in [6.45, 7) is 2.97. The number of aromatic nitrogens is 1. The average Bonchev–Trinajstić information content (AvgIpc) is 2.54. The molecule has 0 saturated heterocycles. The van der Waals surface area contributed by atoms with Crippen LogP contribution in [0.25, 0.3) is 0 Å². The fourth-order valence-corrected chi connectivity index (χ4v) is 2.17. The standard InChI is InChI=1S/C16H19N3OS/c1-3-10-17-15-9-4-12(11-18-15)16(20)19-13-5-7-14(21-2)8-6-13/h4-9,11H,3,10H2,1-2H3,(H,17,18)(H,19,20). The minimum atomic E-state index is -0.151. The lowest BCUT2D eigenvalue weighted by atomic mass is 10.2. The Bertz CT molecular complexity index is 581. The van der Waals surface area contributed by atoms with Gasteiger partial charge in [0.15, 0.2) is 0 Å². The van der Waals surface area contributed by atoms with Crippen LogP contribution in [-0.4, -0.2) is 23.7 Å². The zero-order valence-electron chi connectivity index (χ0n) is 12.2. The number of nitrogens with zero attached hydrogens (tertiary/aromatic N) is 1. The van der Waals surface area contributed by atoms with Crippen LogP contribution in [0, 0.1) is 0 Å². The number of anilines is 2. The SMILES string of the molecule is CCCNc1ccc(C(=O)Nc2ccc(SC)cc2)cn1. The van der Waals surface area contributed by atoms with Crippen LogP contribution in [0.4, 0.5) is 11.5 Å². The number of rotatable bonds is 6. The molecule has 0 aliphatic heterocycles. The normalized spacial score (nSPS) is 10.2. The van der Waals surface area contributed by atoms with E-state index in [1.807, 2.05) is 36.6 Å². The molecule has 0 atom stereocenters. The van der Waals surface area contributed by atoms with Crippen LogP contribution in [0.3, 0.4) is 0 Å². The molecule has 0 bridgehead atoms. The number of thioether (sulfide) groups is 1. The number of amides is 1. The first-order valence-electron chi connectivity index (χ1n) is 6.88. The Labute approximate surface area is 129 Å². The number of hydrogen-bond donors (Lipinski definition) is 2. The van der Waals surface area contributed by atoms with Gasteiger partial charge in [-0.15, -0.1) is 11.8 Å². The zero-order chi connectivity index (χ0) is 15.1. The highest BCUT2D eigenvalue weighted by molar-refractivity contribution is 7.98. The highest BCUT2D eigenvalue weighted by atomic mass is 32.2. The van der Waals surface area contributed by atoms with Crippen molar-refractivity contribution in [2.45, 2.75) is 18.2 Å². The third-order valence-electron chi connectivity index (χ3n) is 2.93. The summed E-state index contributed by atoms with van der Waals surface area (Å²) < 4.78 is 0. The summed E-state index contributed by atoms with van der Waals surface area (Å²) >= 11 is 1.67. The van der Waals surface area contributed by atoms with Crippen LogP contribution >= 0.6 is 11.8 Å². The van der Waals surface area contributed by atoms with Gasteiger partial charge in [0, 0.05) is 23.3 Å². The first kappa shape index (κ1) is 15.4. The lowest BCUT2D eigenvalue weighted by Gasteiger charge is -2.07. The molecule has 1 heterocycles. The van der Waals surface area contributed by atoms with Gasteiger partial charge in [-0.1, -0.05) is 6.92 Å². The molecule has 1 aromatic heterocycles. The maximum atomic E-state index is 12.1. The molecule has 2 aromatic rings. The molecular weight excluding hydrogens is 282 g/mol. The van der Waals surface area contributed by atoms with Crippen LogP contribution in [0.15, 0.2) is 47.5 Å². The van der Waals surface area contributed by atoms with Gasteiger partial charge in [-0.05, 0) is 49.1 Å². The van der Waals surface area contributed by atoms with E-state index in [1.165, 1.54) is 4.90 Å². The fourth-order valence-electron chi connectivity index (χ4n) is 1.76. The minimum Gasteiger partial charge on any atom is -0.370 e. The molecule has 1 amide bonds. The number of pyridine rings is 1. The van der Waals surface area contributed by atoms with E-state index < -0.39 is 0 Å². The molecule has 0 unspecified atom stereocenters. The van der Waals surface area contributed by atoms with E-state index in [4.69, 9.17) is 0 Å². The molecular formula is C16H19N3OS. The Morgan fingerprint density at radius 2 is 1.95 bits per heavy atom. The quantitative estimate of drug-likeness (QED) is 0.795. The van der Waals surface area contributed by atoms with Crippen LogP contribution in [-0.2, 0) is 0 Å². The molecule has 110 valence electrons. The second-order valence-electron chi connectivity index (χ2n) is 4.54. The summed E-state index contributed by atoms with van der Waals surface area (Å²) in [6.07, 6.45) is 4.65. The summed E-state index contributed by atoms with van der Waals surface area (Å²) in [4.78, 5) is 17.5. The number of benzene rings is 1. The summed E-state index contributed by atoms with van der Waals surface area (Å²) in [7, 11) is 0. The molecule has 0 aliphatic rings. The second kappa shape index (κ2) is 7.69. The summed E-state index contributed by atoms with van der Waals surface area (Å²) in [5.74, 6) is 0.638. The summed E-state index contributed by atoms with van der Waals surface area (Å²) in [5, 5.41) is 6.04. The van der Waals surface area contributed by atoms with Gasteiger partial charge in [-0.2, -0.15) is 0 Å². The average molecular weight is 301 g/mol. The first-order chi connectivity index (χ1) is 10.2. The van der Waals surface area contributed by atoms with Crippen LogP contribution < -0.4 is 10.6 Å². The van der Waals surface area contributed by atoms with Crippen molar-refractivity contribution in [1.29, 1.82) is 0 Å². The third kappa shape index (κ3) is 4.49. The lowest BCUT2D eigenvalue weighted by Crippen LogP contribution is -2.12. The topological polar surface area (TPSA) is 54.0 Å². The molecule has 1 aromatic carbocycles. The molecule has 0 aliphatic carbocycles. The maximum Gasteiger partial charge on any atom is 0.257 e. The van der Waals surface area contributed by atoms with Gasteiger partial charge in [-0.25, -0.2) is 4.98 Å². The number of hydrogen-bond acceptors (Lipinski definition) is 4. The van der Waals surface area contributed by atoms with E-state index in [2.05, 4.69) is 22.5 Å². The molecule has 21 heavy (non-hydrogen) atoms. The van der Waals surface area contributed by atoms with E-state index >= 15 is 0 Å². The maximum absolute atomic E-state index is 12.1. The highest BCUT2D eigenvalue weighted by Gasteiger charge is 2.06. The Hall–Kier alpha value is -2.01. The highest BCUT2D eigenvalue weighted by Crippen LogP contribution is 2.18. The van der Waals surface area contributed by atoms with E-state index in [0.717, 1.165) is 24.5 Å². The van der Waals surface area contributed by atoms with Gasteiger partial charge in [0.1, 0.15) is 5.82 Å². The van der Waals surface area contributed by atoms with Crippen molar-refractivity contribution in [2.75, 3.05) is 23.4 Å². The Kier molecular flexibility index (Phi) is 5.63. The van der Waals surface area contributed by atoms with Gasteiger partial charge < -0.3 is 10.6 Å². The van der Waals surface area contributed by atoms with Gasteiger partial charge in [-0.3, -0.25) is 4.79 Å². The lowest BCUT2D eigenvalue weighted by molar-refractivity contribution is 0.102. The molecule has 0 radical (unpaired) electrons. The fraction of sp³-hybridized carbons (Fsp3) is 0.250. The van der Waals surface area contributed by atoms with Crippen molar-refractivity contribution in [1.82, 2.24) is 4.98 Å². The van der Waals surface area contributed by atoms with Crippen LogP contribution in [0.5, 0.6) is 0 Å². The van der Waals surface area contributed by atoms with Crippen LogP contribution in [0.2, 0.25) is 0 Å². The van der Waals surface area contributed by atoms with E-state index in [0.29, 0.717) is 5.56 Å².